The highest BCUT2D eigenvalue weighted by Gasteiger charge is 2.36. The normalized spacial score (nSPS) is 22.3. The Balaban J connectivity index is 1.93. The molecule has 80 valence electrons. The maximum atomic E-state index is 5.48. The van der Waals surface area contributed by atoms with E-state index in [2.05, 4.69) is 24.3 Å². The molecule has 1 heterocycles. The average Bonchev–Trinajstić information content (AvgIpc) is 2.97. The summed E-state index contributed by atoms with van der Waals surface area (Å²) in [5.41, 5.74) is 0. The van der Waals surface area contributed by atoms with Gasteiger partial charge in [0, 0.05) is 6.42 Å². The summed E-state index contributed by atoms with van der Waals surface area (Å²) in [6.45, 7) is 3.70. The SMILES string of the molecule is C#CC#CC[C@H]1O[C@@H]1CCCCCC=C. The minimum absolute atomic E-state index is 0.352. The molecule has 1 heteroatoms. The minimum Gasteiger partial charge on any atom is -0.369 e. The zero-order chi connectivity index (χ0) is 10.9. The van der Waals surface area contributed by atoms with Crippen molar-refractivity contribution in [3.8, 4) is 24.2 Å². The molecule has 0 unspecified atom stereocenters. The molecule has 0 amide bonds. The molecule has 0 bridgehead atoms. The molecule has 0 N–H and O–H groups in total. The summed E-state index contributed by atoms with van der Waals surface area (Å²) in [5, 5.41) is 0. The Bertz CT molecular complexity index is 287. The van der Waals surface area contributed by atoms with Crippen molar-refractivity contribution in [2.75, 3.05) is 0 Å². The van der Waals surface area contributed by atoms with Crippen molar-refractivity contribution in [3.05, 3.63) is 12.7 Å². The van der Waals surface area contributed by atoms with Gasteiger partial charge in [-0.15, -0.1) is 13.0 Å². The van der Waals surface area contributed by atoms with Gasteiger partial charge in [-0.1, -0.05) is 24.8 Å². The van der Waals surface area contributed by atoms with E-state index in [1.165, 1.54) is 25.7 Å². The molecule has 2 atom stereocenters. The highest BCUT2D eigenvalue weighted by Crippen LogP contribution is 2.29. The Morgan fingerprint density at radius 2 is 2.13 bits per heavy atom. The lowest BCUT2D eigenvalue weighted by Crippen LogP contribution is -1.92. The molecular formula is C14H18O. The number of rotatable bonds is 7. The van der Waals surface area contributed by atoms with E-state index < -0.39 is 0 Å². The van der Waals surface area contributed by atoms with Gasteiger partial charge in [-0.3, -0.25) is 0 Å². The molecular weight excluding hydrogens is 184 g/mol. The van der Waals surface area contributed by atoms with Gasteiger partial charge in [0.2, 0.25) is 0 Å². The first-order chi connectivity index (χ1) is 7.38. The summed E-state index contributed by atoms with van der Waals surface area (Å²) in [6, 6.07) is 0. The third-order valence-corrected chi connectivity index (χ3v) is 2.55. The lowest BCUT2D eigenvalue weighted by molar-refractivity contribution is 0.360. The maximum Gasteiger partial charge on any atom is 0.0951 e. The molecule has 15 heavy (non-hydrogen) atoms. The number of epoxide rings is 1. The second kappa shape index (κ2) is 7.16. The second-order valence-electron chi connectivity index (χ2n) is 3.79. The van der Waals surface area contributed by atoms with Gasteiger partial charge in [0.25, 0.3) is 0 Å². The topological polar surface area (TPSA) is 12.5 Å². The van der Waals surface area contributed by atoms with Crippen LogP contribution in [0.15, 0.2) is 12.7 Å². The van der Waals surface area contributed by atoms with Crippen LogP contribution in [0.25, 0.3) is 0 Å². The lowest BCUT2D eigenvalue weighted by Gasteiger charge is -1.95. The number of unbranched alkanes of at least 4 members (excludes halogenated alkanes) is 3. The third kappa shape index (κ3) is 5.31. The number of hydrogen-bond donors (Lipinski definition) is 0. The number of ether oxygens (including phenoxy) is 1. The Hall–Kier alpha value is -1.18. The number of allylic oxidation sites excluding steroid dienone is 1. The maximum absolute atomic E-state index is 5.48. The molecule has 1 fully saturated rings. The zero-order valence-corrected chi connectivity index (χ0v) is 9.17. The lowest BCUT2D eigenvalue weighted by atomic mass is 10.1. The highest BCUT2D eigenvalue weighted by molar-refractivity contribution is 5.22. The first kappa shape index (κ1) is 11.9. The Morgan fingerprint density at radius 3 is 2.87 bits per heavy atom. The molecule has 0 aromatic heterocycles. The van der Waals surface area contributed by atoms with Crippen molar-refractivity contribution in [1.82, 2.24) is 0 Å². The van der Waals surface area contributed by atoms with Crippen molar-refractivity contribution in [2.24, 2.45) is 0 Å². The van der Waals surface area contributed by atoms with E-state index in [1.54, 1.807) is 0 Å². The Morgan fingerprint density at radius 1 is 1.27 bits per heavy atom. The molecule has 1 aliphatic rings. The van der Waals surface area contributed by atoms with Crippen LogP contribution in [-0.2, 0) is 4.74 Å². The molecule has 0 spiro atoms. The van der Waals surface area contributed by atoms with Crippen LogP contribution in [0.5, 0.6) is 0 Å². The fourth-order valence-corrected chi connectivity index (χ4v) is 1.63. The molecule has 0 aromatic rings. The minimum atomic E-state index is 0.352. The van der Waals surface area contributed by atoms with Gasteiger partial charge in [0.05, 0.1) is 12.2 Å². The summed E-state index contributed by atoms with van der Waals surface area (Å²) in [6.07, 6.45) is 14.7. The molecule has 0 saturated carbocycles. The van der Waals surface area contributed by atoms with E-state index in [0.717, 1.165) is 12.8 Å². The zero-order valence-electron chi connectivity index (χ0n) is 9.17. The summed E-state index contributed by atoms with van der Waals surface area (Å²) in [4.78, 5) is 0. The van der Waals surface area contributed by atoms with Crippen LogP contribution >= 0.6 is 0 Å². The standard InChI is InChI=1S/C14H18O/c1-3-5-7-8-10-12-14-13(15-14)11-9-6-4-2/h2-3,13-14H,1,5,7-8,10-12H2/t13-,14-/m1/s1. The molecule has 1 saturated heterocycles. The van der Waals surface area contributed by atoms with Crippen LogP contribution in [-0.4, -0.2) is 12.2 Å². The summed E-state index contributed by atoms with van der Waals surface area (Å²) >= 11 is 0. The molecule has 0 radical (unpaired) electrons. The molecule has 1 nitrogen and oxygen atoms in total. The molecule has 1 rings (SSSR count). The van der Waals surface area contributed by atoms with Crippen LogP contribution in [0, 0.1) is 24.2 Å². The Kier molecular flexibility index (Phi) is 5.67. The van der Waals surface area contributed by atoms with Gasteiger partial charge >= 0.3 is 0 Å². The molecule has 1 aliphatic heterocycles. The fraction of sp³-hybridized carbons (Fsp3) is 0.571. The second-order valence-corrected chi connectivity index (χ2v) is 3.79. The van der Waals surface area contributed by atoms with Crippen LogP contribution in [0.2, 0.25) is 0 Å². The first-order valence-corrected chi connectivity index (χ1v) is 5.58. The van der Waals surface area contributed by atoms with Crippen molar-refractivity contribution in [3.63, 3.8) is 0 Å². The van der Waals surface area contributed by atoms with Gasteiger partial charge in [-0.25, -0.2) is 0 Å². The summed E-state index contributed by atoms with van der Waals surface area (Å²) in [7, 11) is 0. The quantitative estimate of drug-likeness (QED) is 0.268. The van der Waals surface area contributed by atoms with E-state index >= 15 is 0 Å². The largest absolute Gasteiger partial charge is 0.369 e. The van der Waals surface area contributed by atoms with Crippen molar-refractivity contribution in [2.45, 2.75) is 50.7 Å². The fourth-order valence-electron chi connectivity index (χ4n) is 1.63. The van der Waals surface area contributed by atoms with E-state index in [0.29, 0.717) is 12.2 Å². The van der Waals surface area contributed by atoms with Crippen molar-refractivity contribution in [1.29, 1.82) is 0 Å². The van der Waals surface area contributed by atoms with Gasteiger partial charge in [-0.2, -0.15) is 0 Å². The van der Waals surface area contributed by atoms with E-state index in [9.17, 15) is 0 Å². The van der Waals surface area contributed by atoms with Crippen LogP contribution in [0.3, 0.4) is 0 Å². The van der Waals surface area contributed by atoms with Gasteiger partial charge < -0.3 is 4.74 Å². The van der Waals surface area contributed by atoms with Gasteiger partial charge in [-0.05, 0) is 31.1 Å². The smallest absolute Gasteiger partial charge is 0.0951 e. The van der Waals surface area contributed by atoms with Crippen molar-refractivity contribution < 1.29 is 4.74 Å². The van der Waals surface area contributed by atoms with Crippen LogP contribution in [0.4, 0.5) is 0 Å². The predicted molar refractivity (Wildman–Crippen MR) is 63.2 cm³/mol. The monoisotopic (exact) mass is 202 g/mol. The summed E-state index contributed by atoms with van der Waals surface area (Å²) < 4.78 is 5.48. The number of hydrogen-bond acceptors (Lipinski definition) is 1. The number of terminal acetylenes is 1. The predicted octanol–water partition coefficient (Wildman–Crippen LogP) is 2.92. The van der Waals surface area contributed by atoms with E-state index in [1.807, 2.05) is 6.08 Å². The van der Waals surface area contributed by atoms with E-state index in [-0.39, 0.29) is 0 Å². The van der Waals surface area contributed by atoms with E-state index in [4.69, 9.17) is 11.2 Å². The average molecular weight is 202 g/mol. The van der Waals surface area contributed by atoms with Crippen LogP contribution < -0.4 is 0 Å². The van der Waals surface area contributed by atoms with Gasteiger partial charge in [0.1, 0.15) is 0 Å². The molecule has 0 aromatic carbocycles. The first-order valence-electron chi connectivity index (χ1n) is 5.58. The Labute approximate surface area is 92.9 Å². The third-order valence-electron chi connectivity index (χ3n) is 2.55. The van der Waals surface area contributed by atoms with Crippen molar-refractivity contribution >= 4 is 0 Å². The van der Waals surface area contributed by atoms with Gasteiger partial charge in [0.15, 0.2) is 0 Å². The molecule has 0 aliphatic carbocycles. The van der Waals surface area contributed by atoms with Crippen LogP contribution in [0.1, 0.15) is 38.5 Å². The highest BCUT2D eigenvalue weighted by atomic mass is 16.6. The summed E-state index contributed by atoms with van der Waals surface area (Å²) in [5.74, 6) is 7.83.